The largest absolute Gasteiger partial charge is 0.496 e. The molecule has 9 nitrogen and oxygen atoms in total. The monoisotopic (exact) mass is 607 g/mol. The van der Waals surface area contributed by atoms with Crippen LogP contribution >= 0.6 is 0 Å². The van der Waals surface area contributed by atoms with Crippen molar-refractivity contribution in [2.24, 2.45) is 5.41 Å². The summed E-state index contributed by atoms with van der Waals surface area (Å²) >= 11 is 0. The molecule has 226 valence electrons. The van der Waals surface area contributed by atoms with Crippen molar-refractivity contribution in [3.8, 4) is 16.9 Å². The number of methoxy groups -OCH3 is 1. The molecule has 2 aromatic heterocycles. The highest BCUT2D eigenvalue weighted by Crippen LogP contribution is 2.59. The number of benzene rings is 2. The highest BCUT2D eigenvalue weighted by atomic mass is 32.2. The van der Waals surface area contributed by atoms with E-state index < -0.39 is 33.1 Å². The van der Waals surface area contributed by atoms with Gasteiger partial charge in [-0.25, -0.2) is 26.6 Å². The number of ether oxygens (including phenoxy) is 2. The van der Waals surface area contributed by atoms with Crippen LogP contribution in [0.5, 0.6) is 5.75 Å². The Hall–Kier alpha value is -3.96. The van der Waals surface area contributed by atoms with Crippen molar-refractivity contribution in [1.29, 1.82) is 0 Å². The molecule has 0 bridgehead atoms. The highest BCUT2D eigenvalue weighted by molar-refractivity contribution is 7.90. The molecule has 2 aliphatic rings. The second kappa shape index (κ2) is 9.78. The number of halogens is 1. The lowest BCUT2D eigenvalue weighted by molar-refractivity contribution is -0.192. The van der Waals surface area contributed by atoms with Crippen LogP contribution in [0.2, 0.25) is 0 Å². The Labute approximate surface area is 249 Å². The zero-order valence-corrected chi connectivity index (χ0v) is 25.5. The van der Waals surface area contributed by atoms with Crippen LogP contribution < -0.4 is 4.74 Å². The molecule has 1 aliphatic heterocycles. The van der Waals surface area contributed by atoms with Crippen LogP contribution in [0.4, 0.5) is 9.18 Å². The molecule has 1 amide bonds. The number of carbonyl (C=O) groups is 1. The topological polar surface area (TPSA) is 111 Å². The summed E-state index contributed by atoms with van der Waals surface area (Å²) in [6, 6.07) is 13.9. The van der Waals surface area contributed by atoms with E-state index in [0.29, 0.717) is 35.4 Å². The van der Waals surface area contributed by atoms with Crippen LogP contribution in [-0.2, 0) is 20.4 Å². The van der Waals surface area contributed by atoms with Crippen molar-refractivity contribution in [1.82, 2.24) is 13.9 Å². The third-order valence-electron chi connectivity index (χ3n) is 8.19. The van der Waals surface area contributed by atoms with Gasteiger partial charge < -0.3 is 19.5 Å². The number of fused-ring (bicyclic) bond motifs is 1. The average molecular weight is 608 g/mol. The van der Waals surface area contributed by atoms with Crippen LogP contribution in [-0.4, -0.2) is 59.3 Å². The summed E-state index contributed by atoms with van der Waals surface area (Å²) < 4.78 is 55.0. The van der Waals surface area contributed by atoms with E-state index in [1.165, 1.54) is 43.6 Å². The van der Waals surface area contributed by atoms with Gasteiger partial charge in [-0.1, -0.05) is 17.7 Å². The Morgan fingerprint density at radius 2 is 1.70 bits per heavy atom. The number of aliphatic hydroxyl groups is 1. The summed E-state index contributed by atoms with van der Waals surface area (Å²) in [5.74, 6) is -0.0746. The van der Waals surface area contributed by atoms with E-state index in [-0.39, 0.29) is 34.5 Å². The first-order valence-electron chi connectivity index (χ1n) is 14.0. The summed E-state index contributed by atoms with van der Waals surface area (Å²) in [5.41, 5.74) is -0.384. The molecule has 2 aromatic carbocycles. The Kier molecular flexibility index (Phi) is 6.63. The lowest BCUT2D eigenvalue weighted by Gasteiger charge is -2.61. The number of carbonyl (C=O) groups excluding carboxylic acids is 1. The molecule has 0 unspecified atom stereocenters. The van der Waals surface area contributed by atoms with E-state index in [1.807, 2.05) is 6.92 Å². The minimum Gasteiger partial charge on any atom is -0.496 e. The number of pyridine rings is 1. The number of rotatable bonds is 5. The van der Waals surface area contributed by atoms with Gasteiger partial charge in [-0.2, -0.15) is 0 Å². The molecule has 43 heavy (non-hydrogen) atoms. The molecular weight excluding hydrogens is 573 g/mol. The number of hydrogen-bond donors (Lipinski definition) is 1. The van der Waals surface area contributed by atoms with E-state index in [4.69, 9.17) is 9.47 Å². The number of aromatic nitrogens is 2. The van der Waals surface area contributed by atoms with Crippen LogP contribution in [0.15, 0.2) is 65.7 Å². The Balaban J connectivity index is 1.45. The maximum Gasteiger partial charge on any atom is 0.410 e. The zero-order valence-electron chi connectivity index (χ0n) is 24.7. The van der Waals surface area contributed by atoms with E-state index in [9.17, 15) is 22.7 Å². The first kappa shape index (κ1) is 29.1. The Morgan fingerprint density at radius 1 is 1.02 bits per heavy atom. The summed E-state index contributed by atoms with van der Waals surface area (Å²) in [4.78, 5) is 18.6. The number of likely N-dealkylation sites (tertiary alicyclic amines) is 1. The molecule has 6 rings (SSSR count). The van der Waals surface area contributed by atoms with Crippen LogP contribution in [0.3, 0.4) is 0 Å². The van der Waals surface area contributed by atoms with E-state index in [0.717, 1.165) is 9.54 Å². The highest BCUT2D eigenvalue weighted by Gasteiger charge is 2.62. The number of hydrogen-bond acceptors (Lipinski definition) is 7. The number of nitrogens with zero attached hydrogens (tertiary/aromatic N) is 3. The maximum atomic E-state index is 14.4. The van der Waals surface area contributed by atoms with E-state index in [2.05, 4.69) is 4.98 Å². The Morgan fingerprint density at radius 3 is 2.33 bits per heavy atom. The first-order chi connectivity index (χ1) is 20.1. The molecule has 1 spiro atoms. The summed E-state index contributed by atoms with van der Waals surface area (Å²) in [6.45, 7) is 8.08. The van der Waals surface area contributed by atoms with Gasteiger partial charge in [-0.15, -0.1) is 0 Å². The smallest absolute Gasteiger partial charge is 0.410 e. The van der Waals surface area contributed by atoms with Crippen molar-refractivity contribution in [2.75, 3.05) is 20.2 Å². The van der Waals surface area contributed by atoms with Crippen LogP contribution in [0, 0.1) is 18.2 Å². The molecule has 1 N–H and O–H groups in total. The molecule has 1 saturated heterocycles. The fraction of sp³-hybridized carbons (Fsp3) is 0.375. The molecule has 11 heteroatoms. The summed E-state index contributed by atoms with van der Waals surface area (Å²) in [7, 11) is -2.74. The molecule has 1 aliphatic carbocycles. The first-order valence-corrected chi connectivity index (χ1v) is 15.5. The van der Waals surface area contributed by atoms with Gasteiger partial charge in [0.25, 0.3) is 10.0 Å². The van der Waals surface area contributed by atoms with E-state index >= 15 is 0 Å². The second-order valence-electron chi connectivity index (χ2n) is 12.8. The van der Waals surface area contributed by atoms with Gasteiger partial charge in [-0.3, -0.25) is 0 Å². The summed E-state index contributed by atoms with van der Waals surface area (Å²) in [5, 5.41) is 12.4. The predicted octanol–water partition coefficient (Wildman–Crippen LogP) is 5.61. The van der Waals surface area contributed by atoms with Gasteiger partial charge in [0.2, 0.25) is 0 Å². The van der Waals surface area contributed by atoms with Gasteiger partial charge in [0.15, 0.2) is 5.65 Å². The third-order valence-corrected chi connectivity index (χ3v) is 9.91. The SMILES string of the molecule is COc1ccc(F)cc1-c1ccnc2c1cc(C1(O)CC3(CN(C(=O)OC(C)(C)C)C3)C1)n2S(=O)(=O)c1ccc(C)cc1. The Bertz CT molecular complexity index is 1850. The van der Waals surface area contributed by atoms with Gasteiger partial charge >= 0.3 is 6.09 Å². The van der Waals surface area contributed by atoms with Crippen molar-refractivity contribution in [3.63, 3.8) is 0 Å². The third kappa shape index (κ3) is 4.94. The predicted molar refractivity (Wildman–Crippen MR) is 159 cm³/mol. The normalized spacial score (nSPS) is 17.4. The second-order valence-corrected chi connectivity index (χ2v) is 14.6. The van der Waals surface area contributed by atoms with Gasteiger partial charge in [0.05, 0.1) is 17.7 Å². The van der Waals surface area contributed by atoms with Gasteiger partial charge in [-0.05, 0) is 88.6 Å². The lowest BCUT2D eigenvalue weighted by Crippen LogP contribution is -2.68. The quantitative estimate of drug-likeness (QED) is 0.314. The fourth-order valence-corrected chi connectivity index (χ4v) is 7.94. The minimum absolute atomic E-state index is 0.0461. The molecule has 4 aromatic rings. The standard InChI is InChI=1S/C32H34FN3O6S/c1-20-6-9-22(10-7-20)43(39,40)36-27(32(38)16-31(17-32)18-35(19-31)29(37)42-30(2,3)4)15-25-23(12-13-34-28(25)36)24-14-21(33)8-11-26(24)41-5/h6-15,38H,16-19H2,1-5H3. The number of amides is 1. The summed E-state index contributed by atoms with van der Waals surface area (Å²) in [6.07, 6.45) is 1.54. The van der Waals surface area contributed by atoms with E-state index in [1.54, 1.807) is 49.9 Å². The van der Waals surface area contributed by atoms with Crippen molar-refractivity contribution in [2.45, 2.75) is 56.6 Å². The average Bonchev–Trinajstić information content (AvgIpc) is 3.30. The van der Waals surface area contributed by atoms with Gasteiger partial charge in [0.1, 0.15) is 22.8 Å². The van der Waals surface area contributed by atoms with Crippen LogP contribution in [0.1, 0.15) is 44.9 Å². The van der Waals surface area contributed by atoms with Crippen molar-refractivity contribution >= 4 is 27.1 Å². The molecule has 0 radical (unpaired) electrons. The zero-order chi connectivity index (χ0) is 30.9. The molecule has 0 atom stereocenters. The van der Waals surface area contributed by atoms with Gasteiger partial charge in [0, 0.05) is 35.7 Å². The maximum absolute atomic E-state index is 14.4. The van der Waals surface area contributed by atoms with Crippen molar-refractivity contribution < 1.29 is 32.2 Å². The molecule has 2 fully saturated rings. The number of aryl methyl sites for hydroxylation is 1. The molecule has 3 heterocycles. The molecule has 1 saturated carbocycles. The van der Waals surface area contributed by atoms with Crippen molar-refractivity contribution in [3.05, 3.63) is 77.9 Å². The molecular formula is C32H34FN3O6S. The minimum atomic E-state index is -4.22. The lowest BCUT2D eigenvalue weighted by atomic mass is 9.54. The van der Waals surface area contributed by atoms with Crippen LogP contribution in [0.25, 0.3) is 22.2 Å². The fourth-order valence-electron chi connectivity index (χ4n) is 6.40.